The van der Waals surface area contributed by atoms with Gasteiger partial charge in [-0.25, -0.2) is 27.0 Å². The molecule has 3 rings (SSSR count). The molecule has 0 spiro atoms. The van der Waals surface area contributed by atoms with Crippen LogP contribution in [0.4, 0.5) is 5.13 Å². The van der Waals surface area contributed by atoms with E-state index >= 15 is 0 Å². The Kier molecular flexibility index (Phi) is 7.13. The number of amides is 1. The van der Waals surface area contributed by atoms with E-state index in [4.69, 9.17) is 9.88 Å². The van der Waals surface area contributed by atoms with Crippen molar-refractivity contribution in [2.24, 2.45) is 5.14 Å². The number of rotatable bonds is 9. The number of aromatic nitrogens is 1. The summed E-state index contributed by atoms with van der Waals surface area (Å²) in [4.78, 5) is 16.4. The number of primary sulfonamides is 1. The van der Waals surface area contributed by atoms with Crippen LogP contribution in [-0.2, 0) is 26.5 Å². The summed E-state index contributed by atoms with van der Waals surface area (Å²) in [6, 6.07) is 11.9. The second-order valence-corrected chi connectivity index (χ2v) is 10.6. The van der Waals surface area contributed by atoms with Gasteiger partial charge in [-0.05, 0) is 48.4 Å². The predicted molar refractivity (Wildman–Crippen MR) is 120 cm³/mol. The van der Waals surface area contributed by atoms with Gasteiger partial charge in [0, 0.05) is 11.9 Å². The predicted octanol–water partition coefficient (Wildman–Crippen LogP) is 1.57. The number of carbonyl (C=O) groups is 1. The van der Waals surface area contributed by atoms with Gasteiger partial charge in [0.1, 0.15) is 11.4 Å². The Morgan fingerprint density at radius 1 is 1.03 bits per heavy atom. The molecule has 3 aromatic rings. The minimum absolute atomic E-state index is 0.0115. The van der Waals surface area contributed by atoms with E-state index in [0.717, 1.165) is 16.9 Å². The first-order valence-electron chi connectivity index (χ1n) is 9.11. The highest BCUT2D eigenvalue weighted by atomic mass is 32.2. The van der Waals surface area contributed by atoms with Gasteiger partial charge in [0.25, 0.3) is 15.9 Å². The fourth-order valence-electron chi connectivity index (χ4n) is 2.61. The van der Waals surface area contributed by atoms with E-state index in [0.29, 0.717) is 12.2 Å². The molecule has 0 aliphatic heterocycles. The van der Waals surface area contributed by atoms with E-state index in [9.17, 15) is 21.6 Å². The quantitative estimate of drug-likeness (QED) is 0.406. The van der Waals surface area contributed by atoms with Crippen molar-refractivity contribution in [3.63, 3.8) is 0 Å². The number of hydrogen-bond donors (Lipinski definition) is 3. The van der Waals surface area contributed by atoms with Crippen molar-refractivity contribution >= 4 is 42.4 Å². The molecule has 4 N–H and O–H groups in total. The molecule has 0 saturated heterocycles. The van der Waals surface area contributed by atoms with Crippen LogP contribution in [0.1, 0.15) is 16.1 Å². The van der Waals surface area contributed by atoms with E-state index in [-0.39, 0.29) is 27.2 Å². The molecule has 10 nitrogen and oxygen atoms in total. The Balaban J connectivity index is 1.56. The lowest BCUT2D eigenvalue weighted by Gasteiger charge is -2.06. The number of thiazole rings is 1. The van der Waals surface area contributed by atoms with Crippen molar-refractivity contribution in [1.82, 2.24) is 10.3 Å². The number of nitrogens with one attached hydrogen (secondary N) is 2. The summed E-state index contributed by atoms with van der Waals surface area (Å²) < 4.78 is 54.8. The number of ether oxygens (including phenoxy) is 1. The normalized spacial score (nSPS) is 11.7. The largest absolute Gasteiger partial charge is 0.497 e. The first kappa shape index (κ1) is 23.7. The summed E-state index contributed by atoms with van der Waals surface area (Å²) in [5.74, 6) is 0.0646. The highest BCUT2D eigenvalue weighted by Crippen LogP contribution is 2.22. The fourth-order valence-corrected chi connectivity index (χ4v) is 5.07. The number of nitrogens with two attached hydrogens (primary N) is 1. The van der Waals surface area contributed by atoms with Crippen LogP contribution in [0.15, 0.2) is 63.7 Å². The maximum absolute atomic E-state index is 12.5. The van der Waals surface area contributed by atoms with Gasteiger partial charge in [-0.1, -0.05) is 12.1 Å². The van der Waals surface area contributed by atoms with Crippen molar-refractivity contribution < 1.29 is 26.4 Å². The molecule has 170 valence electrons. The van der Waals surface area contributed by atoms with Gasteiger partial charge in [0.05, 0.1) is 16.9 Å². The minimum Gasteiger partial charge on any atom is -0.497 e. The van der Waals surface area contributed by atoms with Gasteiger partial charge in [0.2, 0.25) is 10.0 Å². The molecule has 0 fully saturated rings. The van der Waals surface area contributed by atoms with Crippen LogP contribution in [0.5, 0.6) is 5.75 Å². The van der Waals surface area contributed by atoms with Crippen LogP contribution in [0.3, 0.4) is 0 Å². The average Bonchev–Trinajstić information content (AvgIpc) is 3.21. The zero-order chi connectivity index (χ0) is 23.4. The molecule has 0 aliphatic rings. The highest BCUT2D eigenvalue weighted by Gasteiger charge is 2.18. The van der Waals surface area contributed by atoms with Crippen molar-refractivity contribution in [1.29, 1.82) is 0 Å². The van der Waals surface area contributed by atoms with E-state index in [1.54, 1.807) is 12.1 Å². The third-order valence-electron chi connectivity index (χ3n) is 4.28. The Morgan fingerprint density at radius 3 is 2.25 bits per heavy atom. The van der Waals surface area contributed by atoms with Crippen molar-refractivity contribution in [3.05, 3.63) is 65.2 Å². The molecule has 0 bridgehead atoms. The molecule has 32 heavy (non-hydrogen) atoms. The van der Waals surface area contributed by atoms with Gasteiger partial charge in [0.15, 0.2) is 5.13 Å². The van der Waals surface area contributed by atoms with Gasteiger partial charge < -0.3 is 10.1 Å². The van der Waals surface area contributed by atoms with Gasteiger partial charge in [-0.15, -0.1) is 11.3 Å². The molecule has 1 heterocycles. The summed E-state index contributed by atoms with van der Waals surface area (Å²) in [7, 11) is -6.13. The highest BCUT2D eigenvalue weighted by molar-refractivity contribution is 7.93. The molecule has 0 aliphatic carbocycles. The maximum atomic E-state index is 12.5. The Morgan fingerprint density at radius 2 is 1.66 bits per heavy atom. The Bertz CT molecular complexity index is 1300. The van der Waals surface area contributed by atoms with Crippen LogP contribution in [0.25, 0.3) is 0 Å². The number of sulfonamides is 2. The topological polar surface area (TPSA) is 158 Å². The summed E-state index contributed by atoms with van der Waals surface area (Å²) in [6.07, 6.45) is 0.456. The molecular weight excluding hydrogens is 476 g/mol. The second kappa shape index (κ2) is 9.65. The molecule has 2 aromatic carbocycles. The Hall–Kier alpha value is -3.00. The first-order valence-corrected chi connectivity index (χ1v) is 13.0. The average molecular weight is 497 g/mol. The molecule has 0 atom stereocenters. The molecule has 1 amide bonds. The molecule has 13 heteroatoms. The lowest BCUT2D eigenvalue weighted by Crippen LogP contribution is -2.26. The number of carbonyl (C=O) groups excluding carboxylic acids is 1. The molecule has 0 saturated carbocycles. The molecule has 1 aromatic heterocycles. The smallest absolute Gasteiger partial charge is 0.270 e. The summed E-state index contributed by atoms with van der Waals surface area (Å²) >= 11 is 0.985. The monoisotopic (exact) mass is 496 g/mol. The number of benzene rings is 2. The summed E-state index contributed by atoms with van der Waals surface area (Å²) in [5, 5.41) is 9.25. The lowest BCUT2D eigenvalue weighted by molar-refractivity contribution is 0.0950. The minimum atomic E-state index is -3.86. The third kappa shape index (κ3) is 6.03. The third-order valence-corrected chi connectivity index (χ3v) is 7.45. The summed E-state index contributed by atoms with van der Waals surface area (Å²) in [5.41, 5.74) is 0.885. The Labute approximate surface area is 189 Å². The van der Waals surface area contributed by atoms with Crippen molar-refractivity contribution in [2.45, 2.75) is 16.2 Å². The van der Waals surface area contributed by atoms with Crippen LogP contribution < -0.4 is 19.9 Å². The van der Waals surface area contributed by atoms with E-state index in [1.807, 2.05) is 0 Å². The zero-order valence-electron chi connectivity index (χ0n) is 16.8. The fraction of sp³-hybridized carbons (Fsp3) is 0.158. The van der Waals surface area contributed by atoms with Gasteiger partial charge in [-0.3, -0.25) is 9.52 Å². The van der Waals surface area contributed by atoms with E-state index in [1.165, 1.54) is 48.9 Å². The number of methoxy groups -OCH3 is 1. The van der Waals surface area contributed by atoms with Crippen LogP contribution in [-0.4, -0.2) is 41.4 Å². The standard InChI is InChI=1S/C19H20N4O6S3/c1-29-14-4-8-16(9-5-14)32(27,28)23-19-22-17(12-30-19)18(24)21-11-10-13-2-6-15(7-3-13)31(20,25)26/h2-9,12H,10-11H2,1H3,(H,21,24)(H,22,23)(H2,20,25,26). The lowest BCUT2D eigenvalue weighted by atomic mass is 10.1. The first-order chi connectivity index (χ1) is 15.1. The van der Waals surface area contributed by atoms with Crippen molar-refractivity contribution in [3.8, 4) is 5.75 Å². The van der Waals surface area contributed by atoms with E-state index in [2.05, 4.69) is 15.0 Å². The van der Waals surface area contributed by atoms with Crippen LogP contribution >= 0.6 is 11.3 Å². The van der Waals surface area contributed by atoms with E-state index < -0.39 is 26.0 Å². The van der Waals surface area contributed by atoms with Crippen LogP contribution in [0.2, 0.25) is 0 Å². The van der Waals surface area contributed by atoms with Crippen LogP contribution in [0, 0.1) is 0 Å². The second-order valence-electron chi connectivity index (χ2n) is 6.51. The van der Waals surface area contributed by atoms with Crippen molar-refractivity contribution in [2.75, 3.05) is 18.4 Å². The molecular formula is C19H20N4O6S3. The van der Waals surface area contributed by atoms with Gasteiger partial charge >= 0.3 is 0 Å². The maximum Gasteiger partial charge on any atom is 0.270 e. The van der Waals surface area contributed by atoms with Gasteiger partial charge in [-0.2, -0.15) is 0 Å². The number of nitrogens with zero attached hydrogens (tertiary/aromatic N) is 1. The molecule has 0 radical (unpaired) electrons. The number of anilines is 1. The SMILES string of the molecule is COc1ccc(S(=O)(=O)Nc2nc(C(=O)NCCc3ccc(S(N)(=O)=O)cc3)cs2)cc1. The number of hydrogen-bond acceptors (Lipinski definition) is 8. The molecule has 0 unspecified atom stereocenters. The summed E-state index contributed by atoms with van der Waals surface area (Å²) in [6.45, 7) is 0.276. The zero-order valence-corrected chi connectivity index (χ0v) is 19.3.